The van der Waals surface area contributed by atoms with E-state index in [4.69, 9.17) is 5.73 Å². The summed E-state index contributed by atoms with van der Waals surface area (Å²) in [6, 6.07) is 0. The Morgan fingerprint density at radius 1 is 1.40 bits per heavy atom. The van der Waals surface area contributed by atoms with Crippen LogP contribution < -0.4 is 10.6 Å². The van der Waals surface area contributed by atoms with Crippen molar-refractivity contribution in [1.29, 1.82) is 0 Å². The molecule has 2 aromatic heterocycles. The zero-order valence-corrected chi connectivity index (χ0v) is 9.05. The lowest BCUT2D eigenvalue weighted by atomic mass is 10.5. The van der Waals surface area contributed by atoms with Crippen LogP contribution in [0.1, 0.15) is 13.1 Å². The predicted octanol–water partition coefficient (Wildman–Crippen LogP) is 0.369. The summed E-state index contributed by atoms with van der Waals surface area (Å²) in [6.45, 7) is 1.89. The zero-order chi connectivity index (χ0) is 11.0. The van der Waals surface area contributed by atoms with Crippen molar-refractivity contribution in [2.45, 2.75) is 13.1 Å². The van der Waals surface area contributed by atoms with Gasteiger partial charge in [0.2, 0.25) is 5.95 Å². The average Bonchev–Trinajstić information content (AvgIpc) is 2.59. The molecular formula is C9H14N6. The molecule has 0 saturated carbocycles. The van der Waals surface area contributed by atoms with Crippen LogP contribution in [0.4, 0.5) is 5.95 Å². The van der Waals surface area contributed by atoms with Gasteiger partial charge in [0, 0.05) is 14.1 Å². The molecule has 15 heavy (non-hydrogen) atoms. The molecule has 0 aliphatic rings. The average molecular weight is 206 g/mol. The minimum absolute atomic E-state index is 0.139. The van der Waals surface area contributed by atoms with Crippen LogP contribution in [0.2, 0.25) is 0 Å². The Morgan fingerprint density at radius 2 is 2.13 bits per heavy atom. The summed E-state index contributed by atoms with van der Waals surface area (Å²) in [5.74, 6) is 0.657. The first-order chi connectivity index (χ1) is 7.09. The van der Waals surface area contributed by atoms with Gasteiger partial charge in [-0.2, -0.15) is 4.98 Å². The topological polar surface area (TPSA) is 72.9 Å². The van der Waals surface area contributed by atoms with Crippen molar-refractivity contribution >= 4 is 17.1 Å². The molecule has 0 saturated heterocycles. The number of imidazole rings is 1. The third-order valence-corrected chi connectivity index (χ3v) is 2.14. The van der Waals surface area contributed by atoms with Crippen LogP contribution >= 0.6 is 0 Å². The van der Waals surface area contributed by atoms with Crippen molar-refractivity contribution in [3.05, 3.63) is 12.5 Å². The van der Waals surface area contributed by atoms with Crippen LogP contribution in [-0.4, -0.2) is 33.6 Å². The fourth-order valence-electron chi connectivity index (χ4n) is 1.33. The summed E-state index contributed by atoms with van der Waals surface area (Å²) in [5, 5.41) is 0. The molecule has 0 bridgehead atoms. The number of aromatic nitrogens is 4. The minimum Gasteiger partial charge on any atom is -0.347 e. The molecule has 1 unspecified atom stereocenters. The molecule has 0 fully saturated rings. The summed E-state index contributed by atoms with van der Waals surface area (Å²) in [6.07, 6.45) is 3.25. The Bertz CT molecular complexity index is 472. The maximum Gasteiger partial charge on any atom is 0.226 e. The molecule has 2 N–H and O–H groups in total. The molecule has 1 atom stereocenters. The quantitative estimate of drug-likeness (QED) is 0.768. The molecule has 0 amide bonds. The smallest absolute Gasteiger partial charge is 0.226 e. The highest BCUT2D eigenvalue weighted by Gasteiger charge is 2.09. The Morgan fingerprint density at radius 3 is 2.73 bits per heavy atom. The summed E-state index contributed by atoms with van der Waals surface area (Å²) in [5.41, 5.74) is 7.33. The third-order valence-electron chi connectivity index (χ3n) is 2.14. The van der Waals surface area contributed by atoms with Gasteiger partial charge in [0.25, 0.3) is 0 Å². The van der Waals surface area contributed by atoms with Crippen LogP contribution in [0.3, 0.4) is 0 Å². The molecule has 2 aromatic rings. The molecule has 0 radical (unpaired) electrons. The molecule has 2 rings (SSSR count). The van der Waals surface area contributed by atoms with E-state index in [1.54, 1.807) is 12.5 Å². The summed E-state index contributed by atoms with van der Waals surface area (Å²) >= 11 is 0. The molecule has 0 aliphatic carbocycles. The minimum atomic E-state index is -0.139. The van der Waals surface area contributed by atoms with Gasteiger partial charge in [-0.15, -0.1) is 0 Å². The number of hydrogen-bond acceptors (Lipinski definition) is 5. The Labute approximate surface area is 87.8 Å². The van der Waals surface area contributed by atoms with E-state index >= 15 is 0 Å². The van der Waals surface area contributed by atoms with Crippen LogP contribution in [0.25, 0.3) is 11.2 Å². The Hall–Kier alpha value is -1.69. The SMILES string of the molecule is CC(N)n1cnc2cnc(N(C)C)nc21. The second kappa shape index (κ2) is 3.47. The molecule has 0 aromatic carbocycles. The van der Waals surface area contributed by atoms with Gasteiger partial charge in [-0.25, -0.2) is 9.97 Å². The van der Waals surface area contributed by atoms with Crippen molar-refractivity contribution in [2.75, 3.05) is 19.0 Å². The molecule has 80 valence electrons. The Kier molecular flexibility index (Phi) is 2.28. The van der Waals surface area contributed by atoms with E-state index in [0.29, 0.717) is 5.95 Å². The van der Waals surface area contributed by atoms with E-state index in [1.165, 1.54) is 0 Å². The fraction of sp³-hybridized carbons (Fsp3) is 0.444. The summed E-state index contributed by atoms with van der Waals surface area (Å²) in [7, 11) is 3.79. The maximum atomic E-state index is 5.80. The standard InChI is InChI=1S/C9H14N6/c1-6(10)15-5-12-7-4-11-9(14(2)3)13-8(7)15/h4-6H,10H2,1-3H3. The monoisotopic (exact) mass is 206 g/mol. The Balaban J connectivity index is 2.61. The first kappa shape index (κ1) is 9.85. The van der Waals surface area contributed by atoms with E-state index in [1.807, 2.05) is 30.5 Å². The van der Waals surface area contributed by atoms with Crippen molar-refractivity contribution in [2.24, 2.45) is 5.73 Å². The van der Waals surface area contributed by atoms with Crippen molar-refractivity contribution < 1.29 is 0 Å². The normalized spacial score (nSPS) is 13.1. The highest BCUT2D eigenvalue weighted by molar-refractivity contribution is 5.71. The molecular weight excluding hydrogens is 192 g/mol. The number of fused-ring (bicyclic) bond motifs is 1. The molecule has 2 heterocycles. The van der Waals surface area contributed by atoms with Gasteiger partial charge in [-0.3, -0.25) is 4.57 Å². The predicted molar refractivity (Wildman–Crippen MR) is 58.5 cm³/mol. The van der Waals surface area contributed by atoms with E-state index in [-0.39, 0.29) is 6.17 Å². The number of anilines is 1. The van der Waals surface area contributed by atoms with Crippen LogP contribution in [0.5, 0.6) is 0 Å². The van der Waals surface area contributed by atoms with Crippen molar-refractivity contribution in [3.63, 3.8) is 0 Å². The van der Waals surface area contributed by atoms with Crippen molar-refractivity contribution in [3.8, 4) is 0 Å². The van der Waals surface area contributed by atoms with Crippen LogP contribution in [0.15, 0.2) is 12.5 Å². The second-order valence-electron chi connectivity index (χ2n) is 3.67. The van der Waals surface area contributed by atoms with Gasteiger partial charge in [0.05, 0.1) is 18.7 Å². The number of rotatable bonds is 2. The lowest BCUT2D eigenvalue weighted by Gasteiger charge is -2.11. The van der Waals surface area contributed by atoms with Gasteiger partial charge in [-0.05, 0) is 6.92 Å². The highest BCUT2D eigenvalue weighted by Crippen LogP contribution is 2.14. The van der Waals surface area contributed by atoms with Gasteiger partial charge < -0.3 is 10.6 Å². The van der Waals surface area contributed by atoms with Gasteiger partial charge in [0.15, 0.2) is 5.65 Å². The molecule has 0 spiro atoms. The van der Waals surface area contributed by atoms with Gasteiger partial charge >= 0.3 is 0 Å². The molecule has 6 nitrogen and oxygen atoms in total. The lowest BCUT2D eigenvalue weighted by molar-refractivity contribution is 0.583. The van der Waals surface area contributed by atoms with E-state index in [9.17, 15) is 0 Å². The van der Waals surface area contributed by atoms with Crippen LogP contribution in [-0.2, 0) is 0 Å². The largest absolute Gasteiger partial charge is 0.347 e. The van der Waals surface area contributed by atoms with Crippen LogP contribution in [0, 0.1) is 0 Å². The number of nitrogens with zero attached hydrogens (tertiary/aromatic N) is 5. The van der Waals surface area contributed by atoms with E-state index in [2.05, 4.69) is 15.0 Å². The zero-order valence-electron chi connectivity index (χ0n) is 9.05. The van der Waals surface area contributed by atoms with E-state index in [0.717, 1.165) is 11.2 Å². The second-order valence-corrected chi connectivity index (χ2v) is 3.67. The van der Waals surface area contributed by atoms with Gasteiger partial charge in [-0.1, -0.05) is 0 Å². The summed E-state index contributed by atoms with van der Waals surface area (Å²) < 4.78 is 1.82. The molecule has 6 heteroatoms. The maximum absolute atomic E-state index is 5.80. The van der Waals surface area contributed by atoms with Gasteiger partial charge in [0.1, 0.15) is 5.52 Å². The van der Waals surface area contributed by atoms with Crippen molar-refractivity contribution in [1.82, 2.24) is 19.5 Å². The summed E-state index contributed by atoms with van der Waals surface area (Å²) in [4.78, 5) is 14.6. The number of hydrogen-bond donors (Lipinski definition) is 1. The first-order valence-corrected chi connectivity index (χ1v) is 4.72. The molecule has 0 aliphatic heterocycles. The highest BCUT2D eigenvalue weighted by atomic mass is 15.3. The third kappa shape index (κ3) is 1.63. The fourth-order valence-corrected chi connectivity index (χ4v) is 1.33. The first-order valence-electron chi connectivity index (χ1n) is 4.72. The lowest BCUT2D eigenvalue weighted by Crippen LogP contribution is -2.16. The van der Waals surface area contributed by atoms with E-state index < -0.39 is 0 Å². The number of nitrogens with two attached hydrogens (primary N) is 1.